The minimum Gasteiger partial charge on any atom is -0.494 e. The van der Waals surface area contributed by atoms with Crippen LogP contribution in [-0.2, 0) is 0 Å². The van der Waals surface area contributed by atoms with E-state index in [-0.39, 0.29) is 0 Å². The maximum atomic E-state index is 5.94. The number of nitrogens with one attached hydrogen (secondary N) is 1. The van der Waals surface area contributed by atoms with E-state index < -0.39 is 0 Å². The highest BCUT2D eigenvalue weighted by Crippen LogP contribution is 2.41. The van der Waals surface area contributed by atoms with Gasteiger partial charge >= 0.3 is 0 Å². The minimum absolute atomic E-state index is 0.495. The average Bonchev–Trinajstić information content (AvgIpc) is 3.16. The Morgan fingerprint density at radius 1 is 1.25 bits per heavy atom. The average molecular weight is 338 g/mol. The van der Waals surface area contributed by atoms with Crippen LogP contribution in [0.3, 0.4) is 0 Å². The number of hydrogen-bond donors (Lipinski definition) is 1. The third-order valence-corrected chi connectivity index (χ3v) is 5.20. The topological polar surface area (TPSA) is 21.3 Å². The highest BCUT2D eigenvalue weighted by atomic mass is 79.9. The summed E-state index contributed by atoms with van der Waals surface area (Å²) in [4.78, 5) is 0. The summed E-state index contributed by atoms with van der Waals surface area (Å²) in [5.41, 5.74) is 0.495. The molecule has 0 heterocycles. The van der Waals surface area contributed by atoms with Gasteiger partial charge in [0.2, 0.25) is 0 Å². The fraction of sp³-hybridized carbons (Fsp3) is 0.647. The van der Waals surface area contributed by atoms with Crippen LogP contribution in [0, 0.1) is 5.41 Å². The van der Waals surface area contributed by atoms with Crippen LogP contribution in [0.1, 0.15) is 44.9 Å². The predicted octanol–water partition coefficient (Wildman–Crippen LogP) is 4.53. The second-order valence-electron chi connectivity index (χ2n) is 6.42. The lowest BCUT2D eigenvalue weighted by Crippen LogP contribution is -2.34. The molecule has 0 radical (unpaired) electrons. The molecule has 0 bridgehead atoms. The monoisotopic (exact) mass is 337 g/mol. The van der Waals surface area contributed by atoms with Crippen molar-refractivity contribution in [3.63, 3.8) is 0 Å². The molecule has 0 spiro atoms. The molecule has 0 atom stereocenters. The molecule has 1 aromatic rings. The Morgan fingerprint density at radius 2 is 2.05 bits per heavy atom. The van der Waals surface area contributed by atoms with E-state index in [1.165, 1.54) is 51.5 Å². The molecule has 2 nitrogen and oxygen atoms in total. The molecule has 3 rings (SSSR count). The first-order valence-corrected chi connectivity index (χ1v) is 8.67. The summed E-state index contributed by atoms with van der Waals surface area (Å²) < 4.78 is 7.02. The van der Waals surface area contributed by atoms with E-state index in [0.29, 0.717) is 5.41 Å². The molecule has 2 aliphatic carbocycles. The summed E-state index contributed by atoms with van der Waals surface area (Å²) >= 11 is 3.49. The van der Waals surface area contributed by atoms with Crippen LogP contribution in [0.5, 0.6) is 5.75 Å². The molecule has 110 valence electrons. The lowest BCUT2D eigenvalue weighted by atomic mass is 9.83. The normalized spacial score (nSPS) is 21.1. The van der Waals surface area contributed by atoms with Gasteiger partial charge in [-0.3, -0.25) is 0 Å². The van der Waals surface area contributed by atoms with E-state index >= 15 is 0 Å². The Hall–Kier alpha value is -0.540. The molecule has 2 saturated carbocycles. The number of hydrogen-bond acceptors (Lipinski definition) is 2. The molecule has 3 heteroatoms. The summed E-state index contributed by atoms with van der Waals surface area (Å²) in [5, 5.41) is 3.73. The molecule has 0 unspecified atom stereocenters. The maximum absolute atomic E-state index is 5.94. The van der Waals surface area contributed by atoms with E-state index in [4.69, 9.17) is 4.74 Å². The van der Waals surface area contributed by atoms with Crippen LogP contribution in [0.4, 0.5) is 0 Å². The zero-order valence-corrected chi connectivity index (χ0v) is 13.6. The third kappa shape index (κ3) is 3.98. The summed E-state index contributed by atoms with van der Waals surface area (Å²) in [6, 6.07) is 8.96. The molecule has 0 aromatic heterocycles. The molecule has 1 aromatic carbocycles. The second-order valence-corrected chi connectivity index (χ2v) is 7.33. The Balaban J connectivity index is 1.48. The summed E-state index contributed by atoms with van der Waals surface area (Å²) in [6.45, 7) is 2.03. The molecule has 0 aliphatic heterocycles. The zero-order valence-electron chi connectivity index (χ0n) is 12.0. The quantitative estimate of drug-likeness (QED) is 0.789. The van der Waals surface area contributed by atoms with Gasteiger partial charge in [-0.05, 0) is 55.7 Å². The van der Waals surface area contributed by atoms with Crippen LogP contribution in [0.2, 0.25) is 0 Å². The first-order chi connectivity index (χ1) is 9.76. The van der Waals surface area contributed by atoms with Crippen molar-refractivity contribution in [2.45, 2.75) is 51.0 Å². The Kier molecular flexibility index (Phi) is 4.67. The van der Waals surface area contributed by atoms with E-state index in [0.717, 1.165) is 22.9 Å². The second kappa shape index (κ2) is 6.48. The van der Waals surface area contributed by atoms with Gasteiger partial charge in [-0.2, -0.15) is 0 Å². The van der Waals surface area contributed by atoms with Gasteiger partial charge in [0.25, 0.3) is 0 Å². The highest BCUT2D eigenvalue weighted by molar-refractivity contribution is 9.10. The summed E-state index contributed by atoms with van der Waals surface area (Å²) in [6.07, 6.45) is 9.46. The molecule has 2 aliphatic rings. The number of halogens is 1. The van der Waals surface area contributed by atoms with Crippen LogP contribution in [0.15, 0.2) is 28.7 Å². The standard InChI is InChI=1S/C17H24BrNO/c18-14-4-3-5-16(12-14)20-11-10-17(8-1-2-9-17)13-19-15-6-7-15/h3-5,12,15,19H,1-2,6-11,13H2. The van der Waals surface area contributed by atoms with Crippen LogP contribution >= 0.6 is 15.9 Å². The SMILES string of the molecule is Brc1cccc(OCCC2(CNC3CC3)CCCC2)c1. The molecular formula is C17H24BrNO. The Bertz CT molecular complexity index is 438. The van der Waals surface area contributed by atoms with Gasteiger partial charge < -0.3 is 10.1 Å². The number of rotatable bonds is 7. The smallest absolute Gasteiger partial charge is 0.120 e. The van der Waals surface area contributed by atoms with Crippen LogP contribution in [0.25, 0.3) is 0 Å². The van der Waals surface area contributed by atoms with Crippen molar-refractivity contribution in [2.75, 3.05) is 13.2 Å². The molecule has 20 heavy (non-hydrogen) atoms. The van der Waals surface area contributed by atoms with E-state index in [1.807, 2.05) is 24.3 Å². The Morgan fingerprint density at radius 3 is 2.75 bits per heavy atom. The minimum atomic E-state index is 0.495. The van der Waals surface area contributed by atoms with Gasteiger partial charge in [0, 0.05) is 17.1 Å². The molecular weight excluding hydrogens is 314 g/mol. The van der Waals surface area contributed by atoms with Crippen molar-refractivity contribution in [3.05, 3.63) is 28.7 Å². The van der Waals surface area contributed by atoms with Crippen molar-refractivity contribution < 1.29 is 4.74 Å². The van der Waals surface area contributed by atoms with Gasteiger partial charge in [-0.15, -0.1) is 0 Å². The lowest BCUT2D eigenvalue weighted by molar-refractivity contribution is 0.192. The van der Waals surface area contributed by atoms with Crippen molar-refractivity contribution in [2.24, 2.45) is 5.41 Å². The van der Waals surface area contributed by atoms with Crippen LogP contribution in [-0.4, -0.2) is 19.2 Å². The van der Waals surface area contributed by atoms with Gasteiger partial charge in [0.15, 0.2) is 0 Å². The zero-order chi connectivity index (χ0) is 13.8. The highest BCUT2D eigenvalue weighted by Gasteiger charge is 2.35. The number of ether oxygens (including phenoxy) is 1. The van der Waals surface area contributed by atoms with Crippen molar-refractivity contribution in [1.29, 1.82) is 0 Å². The predicted molar refractivity (Wildman–Crippen MR) is 86.2 cm³/mol. The molecule has 0 amide bonds. The van der Waals surface area contributed by atoms with Crippen molar-refractivity contribution in [3.8, 4) is 5.75 Å². The van der Waals surface area contributed by atoms with Gasteiger partial charge in [-0.1, -0.05) is 34.8 Å². The first kappa shape index (κ1) is 14.4. The van der Waals surface area contributed by atoms with Gasteiger partial charge in [0.1, 0.15) is 5.75 Å². The first-order valence-electron chi connectivity index (χ1n) is 7.88. The summed E-state index contributed by atoms with van der Waals surface area (Å²) in [7, 11) is 0. The number of benzene rings is 1. The fourth-order valence-corrected chi connectivity index (χ4v) is 3.61. The van der Waals surface area contributed by atoms with E-state index in [9.17, 15) is 0 Å². The van der Waals surface area contributed by atoms with Crippen molar-refractivity contribution in [1.82, 2.24) is 5.32 Å². The van der Waals surface area contributed by atoms with Gasteiger partial charge in [-0.25, -0.2) is 0 Å². The molecule has 1 N–H and O–H groups in total. The van der Waals surface area contributed by atoms with Gasteiger partial charge in [0.05, 0.1) is 6.61 Å². The maximum Gasteiger partial charge on any atom is 0.120 e. The molecule has 0 saturated heterocycles. The summed E-state index contributed by atoms with van der Waals surface area (Å²) in [5.74, 6) is 0.975. The molecule has 2 fully saturated rings. The Labute approximate surface area is 130 Å². The largest absolute Gasteiger partial charge is 0.494 e. The van der Waals surface area contributed by atoms with E-state index in [2.05, 4.69) is 21.2 Å². The van der Waals surface area contributed by atoms with E-state index in [1.54, 1.807) is 0 Å². The van der Waals surface area contributed by atoms with Crippen molar-refractivity contribution >= 4 is 15.9 Å². The third-order valence-electron chi connectivity index (χ3n) is 4.70. The fourth-order valence-electron chi connectivity index (χ4n) is 3.23. The lowest BCUT2D eigenvalue weighted by Gasteiger charge is -2.29. The van der Waals surface area contributed by atoms with Crippen LogP contribution < -0.4 is 10.1 Å².